The van der Waals surface area contributed by atoms with Crippen molar-refractivity contribution in [3.63, 3.8) is 0 Å². The standard InChI is InChI=1S/C28H24N4/c1-19-8-7-9-20(2)27(19)26-17-14-24(18-29-26)28-31-30-21(3)32(28)25-15-12-23(13-16-25)22-10-5-4-6-11-22/h4-18H,1-3H3. The third kappa shape index (κ3) is 3.60. The normalized spacial score (nSPS) is 11.0. The van der Waals surface area contributed by atoms with Crippen molar-refractivity contribution in [2.45, 2.75) is 20.8 Å². The molecule has 0 fully saturated rings. The molecule has 0 atom stereocenters. The summed E-state index contributed by atoms with van der Waals surface area (Å²) >= 11 is 0. The summed E-state index contributed by atoms with van der Waals surface area (Å²) in [6.45, 7) is 6.22. The van der Waals surface area contributed by atoms with Gasteiger partial charge in [0.1, 0.15) is 5.82 Å². The lowest BCUT2D eigenvalue weighted by Crippen LogP contribution is -2.00. The monoisotopic (exact) mass is 416 g/mol. The smallest absolute Gasteiger partial charge is 0.170 e. The van der Waals surface area contributed by atoms with E-state index in [9.17, 15) is 0 Å². The largest absolute Gasteiger partial charge is 0.279 e. The maximum absolute atomic E-state index is 4.76. The molecule has 0 aliphatic carbocycles. The van der Waals surface area contributed by atoms with Crippen molar-refractivity contribution >= 4 is 0 Å². The number of aryl methyl sites for hydroxylation is 3. The molecule has 0 saturated heterocycles. The Labute approximate surface area is 188 Å². The second-order valence-electron chi connectivity index (χ2n) is 8.02. The molecule has 0 radical (unpaired) electrons. The third-order valence-corrected chi connectivity index (χ3v) is 5.82. The fourth-order valence-electron chi connectivity index (χ4n) is 4.18. The van der Waals surface area contributed by atoms with Gasteiger partial charge in [-0.1, -0.05) is 60.7 Å². The van der Waals surface area contributed by atoms with Gasteiger partial charge in [0.2, 0.25) is 0 Å². The van der Waals surface area contributed by atoms with E-state index < -0.39 is 0 Å². The molecule has 32 heavy (non-hydrogen) atoms. The molecule has 2 aromatic heterocycles. The Balaban J connectivity index is 1.51. The van der Waals surface area contributed by atoms with Crippen LogP contribution >= 0.6 is 0 Å². The molecule has 0 N–H and O–H groups in total. The van der Waals surface area contributed by atoms with E-state index in [1.54, 1.807) is 0 Å². The number of hydrogen-bond donors (Lipinski definition) is 0. The van der Waals surface area contributed by atoms with Crippen LogP contribution in [0.5, 0.6) is 0 Å². The molecule has 156 valence electrons. The minimum atomic E-state index is 0.788. The summed E-state index contributed by atoms with van der Waals surface area (Å²) in [7, 11) is 0. The molecular formula is C28H24N4. The predicted octanol–water partition coefficient (Wildman–Crippen LogP) is 6.59. The Morgan fingerprint density at radius 1 is 0.594 bits per heavy atom. The van der Waals surface area contributed by atoms with E-state index in [2.05, 4.69) is 107 Å². The van der Waals surface area contributed by atoms with Crippen LogP contribution < -0.4 is 0 Å². The molecule has 5 aromatic rings. The molecule has 4 heteroatoms. The van der Waals surface area contributed by atoms with Crippen molar-refractivity contribution in [3.8, 4) is 39.5 Å². The first-order valence-electron chi connectivity index (χ1n) is 10.7. The lowest BCUT2D eigenvalue weighted by molar-refractivity contribution is 0.972. The first-order valence-corrected chi connectivity index (χ1v) is 10.7. The minimum absolute atomic E-state index is 0.788. The molecule has 0 unspecified atom stereocenters. The maximum atomic E-state index is 4.76. The van der Waals surface area contributed by atoms with Gasteiger partial charge in [-0.05, 0) is 67.3 Å². The van der Waals surface area contributed by atoms with Gasteiger partial charge in [0, 0.05) is 23.0 Å². The SMILES string of the molecule is Cc1cccc(C)c1-c1ccc(-c2nnc(C)n2-c2ccc(-c3ccccc3)cc2)cn1. The fraction of sp³-hybridized carbons (Fsp3) is 0.107. The summed E-state index contributed by atoms with van der Waals surface area (Å²) in [4.78, 5) is 4.76. The van der Waals surface area contributed by atoms with Crippen molar-refractivity contribution in [1.29, 1.82) is 0 Å². The Morgan fingerprint density at radius 2 is 1.25 bits per heavy atom. The summed E-state index contributed by atoms with van der Waals surface area (Å²) in [6.07, 6.45) is 1.89. The molecule has 2 heterocycles. The summed E-state index contributed by atoms with van der Waals surface area (Å²) in [5.74, 6) is 1.63. The zero-order chi connectivity index (χ0) is 22.1. The molecule has 0 spiro atoms. The van der Waals surface area contributed by atoms with E-state index in [1.807, 2.05) is 19.2 Å². The van der Waals surface area contributed by atoms with Crippen LogP contribution in [0.2, 0.25) is 0 Å². The van der Waals surface area contributed by atoms with Gasteiger partial charge in [-0.3, -0.25) is 9.55 Å². The van der Waals surface area contributed by atoms with Gasteiger partial charge < -0.3 is 0 Å². The van der Waals surface area contributed by atoms with Crippen LogP contribution in [0.1, 0.15) is 17.0 Å². The summed E-state index contributed by atoms with van der Waals surface area (Å²) in [5.41, 5.74) is 8.96. The van der Waals surface area contributed by atoms with E-state index in [0.717, 1.165) is 28.6 Å². The highest BCUT2D eigenvalue weighted by Gasteiger charge is 2.14. The van der Waals surface area contributed by atoms with Crippen LogP contribution in [0.25, 0.3) is 39.5 Å². The molecule has 0 bridgehead atoms. The van der Waals surface area contributed by atoms with Crippen molar-refractivity contribution in [3.05, 3.63) is 108 Å². The quantitative estimate of drug-likeness (QED) is 0.332. The average Bonchev–Trinajstić information content (AvgIpc) is 3.21. The zero-order valence-corrected chi connectivity index (χ0v) is 18.4. The van der Waals surface area contributed by atoms with Crippen molar-refractivity contribution in [1.82, 2.24) is 19.7 Å². The second-order valence-corrected chi connectivity index (χ2v) is 8.02. The molecule has 0 aliphatic rings. The second kappa shape index (κ2) is 8.23. The van der Waals surface area contributed by atoms with E-state index in [-0.39, 0.29) is 0 Å². The molecular weight excluding hydrogens is 392 g/mol. The third-order valence-electron chi connectivity index (χ3n) is 5.82. The Morgan fingerprint density at radius 3 is 1.91 bits per heavy atom. The van der Waals surface area contributed by atoms with Gasteiger partial charge in [0.25, 0.3) is 0 Å². The van der Waals surface area contributed by atoms with E-state index in [4.69, 9.17) is 4.98 Å². The average molecular weight is 417 g/mol. The van der Waals surface area contributed by atoms with Gasteiger partial charge in [-0.25, -0.2) is 0 Å². The minimum Gasteiger partial charge on any atom is -0.279 e. The number of pyridine rings is 1. The summed E-state index contributed by atoms with van der Waals surface area (Å²) in [5, 5.41) is 8.80. The highest BCUT2D eigenvalue weighted by molar-refractivity contribution is 5.70. The highest BCUT2D eigenvalue weighted by Crippen LogP contribution is 2.29. The number of rotatable bonds is 4. The maximum Gasteiger partial charge on any atom is 0.170 e. The van der Waals surface area contributed by atoms with Crippen LogP contribution in [0, 0.1) is 20.8 Å². The zero-order valence-electron chi connectivity index (χ0n) is 18.4. The number of nitrogens with zero attached hydrogens (tertiary/aromatic N) is 4. The Bertz CT molecular complexity index is 1350. The molecule has 0 saturated carbocycles. The summed E-state index contributed by atoms with van der Waals surface area (Å²) < 4.78 is 2.07. The first kappa shape index (κ1) is 19.9. The van der Waals surface area contributed by atoms with Gasteiger partial charge in [0.05, 0.1) is 5.69 Å². The van der Waals surface area contributed by atoms with Gasteiger partial charge in [0.15, 0.2) is 5.82 Å². The van der Waals surface area contributed by atoms with Crippen LogP contribution in [0.15, 0.2) is 91.1 Å². The van der Waals surface area contributed by atoms with Crippen molar-refractivity contribution < 1.29 is 0 Å². The van der Waals surface area contributed by atoms with Crippen molar-refractivity contribution in [2.24, 2.45) is 0 Å². The van der Waals surface area contributed by atoms with E-state index >= 15 is 0 Å². The molecule has 5 rings (SSSR count). The molecule has 0 amide bonds. The van der Waals surface area contributed by atoms with Gasteiger partial charge >= 0.3 is 0 Å². The Hall–Kier alpha value is -4.05. The van der Waals surface area contributed by atoms with E-state index in [0.29, 0.717) is 0 Å². The first-order chi connectivity index (χ1) is 15.6. The van der Waals surface area contributed by atoms with Crippen molar-refractivity contribution in [2.75, 3.05) is 0 Å². The van der Waals surface area contributed by atoms with Crippen LogP contribution in [0.4, 0.5) is 0 Å². The topological polar surface area (TPSA) is 43.6 Å². The number of aromatic nitrogens is 4. The van der Waals surface area contributed by atoms with Gasteiger partial charge in [-0.2, -0.15) is 0 Å². The highest BCUT2D eigenvalue weighted by atomic mass is 15.3. The van der Waals surface area contributed by atoms with Crippen LogP contribution in [0.3, 0.4) is 0 Å². The molecule has 4 nitrogen and oxygen atoms in total. The number of hydrogen-bond acceptors (Lipinski definition) is 3. The van der Waals surface area contributed by atoms with E-state index in [1.165, 1.54) is 27.8 Å². The fourth-order valence-corrected chi connectivity index (χ4v) is 4.18. The lowest BCUT2D eigenvalue weighted by Gasteiger charge is -2.12. The molecule has 0 aliphatic heterocycles. The van der Waals surface area contributed by atoms with Gasteiger partial charge in [-0.15, -0.1) is 10.2 Å². The van der Waals surface area contributed by atoms with Crippen LogP contribution in [-0.2, 0) is 0 Å². The summed E-state index contributed by atoms with van der Waals surface area (Å²) in [6, 6.07) is 29.3. The predicted molar refractivity (Wildman–Crippen MR) is 130 cm³/mol. The molecule has 3 aromatic carbocycles. The Kier molecular flexibility index (Phi) is 5.12. The number of benzene rings is 3. The van der Waals surface area contributed by atoms with Crippen LogP contribution in [-0.4, -0.2) is 19.7 Å². The lowest BCUT2D eigenvalue weighted by atomic mass is 9.99.